The first-order valence-electron chi connectivity index (χ1n) is 8.67. The highest BCUT2D eigenvalue weighted by molar-refractivity contribution is 7.93. The first kappa shape index (κ1) is 19.2. The minimum Gasteiger partial charge on any atom is -0.486 e. The van der Waals surface area contributed by atoms with Crippen LogP contribution in [0.2, 0.25) is 0 Å². The first-order chi connectivity index (χ1) is 13.9. The maximum atomic E-state index is 12.5. The molecule has 8 nitrogen and oxygen atoms in total. The lowest BCUT2D eigenvalue weighted by Gasteiger charge is -2.18. The average molecular weight is 431 g/mol. The van der Waals surface area contributed by atoms with E-state index in [0.29, 0.717) is 30.4 Å². The molecule has 1 amide bonds. The molecule has 2 aromatic carbocycles. The number of amides is 1. The summed E-state index contributed by atoms with van der Waals surface area (Å²) < 4.78 is 38.2. The van der Waals surface area contributed by atoms with Gasteiger partial charge >= 0.3 is 0 Å². The fraction of sp³-hybridized carbons (Fsp3) is 0.158. The van der Waals surface area contributed by atoms with Crippen LogP contribution in [0.25, 0.3) is 0 Å². The molecule has 0 bridgehead atoms. The molecule has 1 aliphatic rings. The fourth-order valence-electron chi connectivity index (χ4n) is 2.63. The Morgan fingerprint density at radius 3 is 2.55 bits per heavy atom. The van der Waals surface area contributed by atoms with Crippen molar-refractivity contribution in [3.8, 4) is 11.5 Å². The number of benzene rings is 2. The maximum Gasteiger partial charge on any atom is 0.275 e. The Morgan fingerprint density at radius 2 is 1.79 bits per heavy atom. The van der Waals surface area contributed by atoms with Crippen molar-refractivity contribution < 1.29 is 22.7 Å². The van der Waals surface area contributed by atoms with Gasteiger partial charge in [-0.15, -0.1) is 11.3 Å². The van der Waals surface area contributed by atoms with E-state index in [2.05, 4.69) is 15.0 Å². The molecule has 0 saturated carbocycles. The second-order valence-corrected chi connectivity index (χ2v) is 8.81. The van der Waals surface area contributed by atoms with Crippen LogP contribution in [0.1, 0.15) is 16.1 Å². The highest BCUT2D eigenvalue weighted by atomic mass is 32.2. The van der Waals surface area contributed by atoms with Crippen LogP contribution in [0.15, 0.2) is 52.7 Å². The van der Waals surface area contributed by atoms with Crippen molar-refractivity contribution in [1.29, 1.82) is 0 Å². The molecule has 150 valence electrons. The van der Waals surface area contributed by atoms with Crippen molar-refractivity contribution in [3.63, 3.8) is 0 Å². The number of hydrogen-bond donors (Lipinski definition) is 2. The van der Waals surface area contributed by atoms with E-state index in [1.54, 1.807) is 30.3 Å². The number of anilines is 2. The number of thiazole rings is 1. The second kappa shape index (κ2) is 7.72. The van der Waals surface area contributed by atoms with E-state index in [4.69, 9.17) is 9.47 Å². The Hall–Kier alpha value is -3.11. The van der Waals surface area contributed by atoms with Gasteiger partial charge in [0.15, 0.2) is 16.6 Å². The summed E-state index contributed by atoms with van der Waals surface area (Å²) >= 11 is 1.03. The van der Waals surface area contributed by atoms with Gasteiger partial charge in [0.25, 0.3) is 15.9 Å². The molecule has 0 atom stereocenters. The Labute approximate surface area is 171 Å². The molecule has 0 radical (unpaired) electrons. The highest BCUT2D eigenvalue weighted by Crippen LogP contribution is 2.32. The number of carbonyl (C=O) groups excluding carboxylic acids is 1. The van der Waals surface area contributed by atoms with Crippen LogP contribution in [-0.4, -0.2) is 32.5 Å². The smallest absolute Gasteiger partial charge is 0.275 e. The molecule has 10 heteroatoms. The normalized spacial score (nSPS) is 13.0. The zero-order chi connectivity index (χ0) is 20.4. The summed E-state index contributed by atoms with van der Waals surface area (Å²) in [5, 5.41) is 4.31. The summed E-state index contributed by atoms with van der Waals surface area (Å²) in [7, 11) is -3.78. The minimum atomic E-state index is -3.78. The molecule has 1 aliphatic heterocycles. The van der Waals surface area contributed by atoms with Gasteiger partial charge in [-0.3, -0.25) is 9.52 Å². The quantitative estimate of drug-likeness (QED) is 0.642. The molecule has 0 saturated heterocycles. The lowest BCUT2D eigenvalue weighted by Crippen LogP contribution is -2.17. The third kappa shape index (κ3) is 4.33. The number of hydrogen-bond acceptors (Lipinski definition) is 7. The second-order valence-electron chi connectivity index (χ2n) is 6.27. The lowest BCUT2D eigenvalue weighted by atomic mass is 10.2. The van der Waals surface area contributed by atoms with Crippen LogP contribution in [0.4, 0.5) is 10.8 Å². The molecule has 3 aromatic rings. The number of ether oxygens (including phenoxy) is 2. The van der Waals surface area contributed by atoms with Crippen molar-refractivity contribution in [2.45, 2.75) is 11.8 Å². The van der Waals surface area contributed by atoms with Gasteiger partial charge in [-0.1, -0.05) is 17.7 Å². The fourth-order valence-corrected chi connectivity index (χ4v) is 4.58. The molecular weight excluding hydrogens is 414 g/mol. The maximum absolute atomic E-state index is 12.5. The van der Waals surface area contributed by atoms with Crippen LogP contribution in [0.5, 0.6) is 11.5 Å². The van der Waals surface area contributed by atoms with Crippen LogP contribution < -0.4 is 19.5 Å². The summed E-state index contributed by atoms with van der Waals surface area (Å²) in [6, 6.07) is 11.5. The Kier molecular flexibility index (Phi) is 5.12. The largest absolute Gasteiger partial charge is 0.486 e. The van der Waals surface area contributed by atoms with Crippen molar-refractivity contribution >= 4 is 38.1 Å². The van der Waals surface area contributed by atoms with E-state index in [1.807, 2.05) is 6.92 Å². The number of rotatable bonds is 5. The van der Waals surface area contributed by atoms with Crippen molar-refractivity contribution in [1.82, 2.24) is 4.98 Å². The Morgan fingerprint density at radius 1 is 1.07 bits per heavy atom. The SMILES string of the molecule is Cc1ccc(S(=O)(=O)Nc2nc(C(=O)Nc3ccc4c(c3)OCCO4)cs2)cc1. The first-order valence-corrected chi connectivity index (χ1v) is 11.0. The third-order valence-electron chi connectivity index (χ3n) is 4.09. The topological polar surface area (TPSA) is 107 Å². The summed E-state index contributed by atoms with van der Waals surface area (Å²) in [5.74, 6) is 0.716. The molecule has 4 rings (SSSR count). The number of aryl methyl sites for hydroxylation is 1. The molecule has 1 aromatic heterocycles. The van der Waals surface area contributed by atoms with Gasteiger partial charge in [0, 0.05) is 17.1 Å². The van der Waals surface area contributed by atoms with Crippen LogP contribution in [-0.2, 0) is 10.0 Å². The molecule has 0 fully saturated rings. The molecule has 2 heterocycles. The monoisotopic (exact) mass is 431 g/mol. The van der Waals surface area contributed by atoms with Crippen LogP contribution in [0, 0.1) is 6.92 Å². The predicted octanol–water partition coefficient (Wildman–Crippen LogP) is 3.28. The number of aromatic nitrogens is 1. The summed E-state index contributed by atoms with van der Waals surface area (Å²) in [4.78, 5) is 16.7. The minimum absolute atomic E-state index is 0.103. The molecule has 0 spiro atoms. The average Bonchev–Trinajstić information content (AvgIpc) is 3.16. The van der Waals surface area contributed by atoms with Gasteiger partial charge in [-0.2, -0.15) is 0 Å². The number of carbonyl (C=O) groups is 1. The molecule has 29 heavy (non-hydrogen) atoms. The van der Waals surface area contributed by atoms with E-state index in [9.17, 15) is 13.2 Å². The van der Waals surface area contributed by atoms with Crippen LogP contribution in [0.3, 0.4) is 0 Å². The number of sulfonamides is 1. The van der Waals surface area contributed by atoms with Gasteiger partial charge in [0.05, 0.1) is 4.90 Å². The predicted molar refractivity (Wildman–Crippen MR) is 109 cm³/mol. The van der Waals surface area contributed by atoms with Gasteiger partial charge in [-0.05, 0) is 31.2 Å². The van der Waals surface area contributed by atoms with Crippen LogP contribution >= 0.6 is 11.3 Å². The molecule has 0 unspecified atom stereocenters. The van der Waals surface area contributed by atoms with Gasteiger partial charge in [0.2, 0.25) is 0 Å². The number of fused-ring (bicyclic) bond motifs is 1. The number of nitrogens with one attached hydrogen (secondary N) is 2. The van der Waals surface area contributed by atoms with E-state index < -0.39 is 15.9 Å². The number of nitrogens with zero attached hydrogens (tertiary/aromatic N) is 1. The zero-order valence-corrected chi connectivity index (χ0v) is 17.0. The summed E-state index contributed by atoms with van der Waals surface area (Å²) in [6.07, 6.45) is 0. The summed E-state index contributed by atoms with van der Waals surface area (Å²) in [6.45, 7) is 2.80. The van der Waals surface area contributed by atoms with E-state index >= 15 is 0 Å². The lowest BCUT2D eigenvalue weighted by molar-refractivity contribution is 0.102. The molecular formula is C19H17N3O5S2. The van der Waals surface area contributed by atoms with E-state index in [-0.39, 0.29) is 15.7 Å². The van der Waals surface area contributed by atoms with Crippen molar-refractivity contribution in [2.75, 3.05) is 23.3 Å². The Bertz CT molecular complexity index is 1160. The van der Waals surface area contributed by atoms with Crippen molar-refractivity contribution in [3.05, 3.63) is 59.1 Å². The summed E-state index contributed by atoms with van der Waals surface area (Å²) in [5.41, 5.74) is 1.58. The Balaban J connectivity index is 1.46. The van der Waals surface area contributed by atoms with Gasteiger partial charge < -0.3 is 14.8 Å². The van der Waals surface area contributed by atoms with E-state index in [0.717, 1.165) is 16.9 Å². The van der Waals surface area contributed by atoms with Crippen molar-refractivity contribution in [2.24, 2.45) is 0 Å². The standard InChI is InChI=1S/C19H17N3O5S2/c1-12-2-5-14(6-3-12)29(24,25)22-19-21-15(11-28-19)18(23)20-13-4-7-16-17(10-13)27-9-8-26-16/h2-7,10-11H,8-9H2,1H3,(H,20,23)(H,21,22). The molecule has 2 N–H and O–H groups in total. The zero-order valence-electron chi connectivity index (χ0n) is 15.3. The molecule has 0 aliphatic carbocycles. The third-order valence-corrected chi connectivity index (χ3v) is 6.33. The van der Waals surface area contributed by atoms with Gasteiger partial charge in [0.1, 0.15) is 18.9 Å². The highest BCUT2D eigenvalue weighted by Gasteiger charge is 2.19. The van der Waals surface area contributed by atoms with Gasteiger partial charge in [-0.25, -0.2) is 13.4 Å². The van der Waals surface area contributed by atoms with E-state index in [1.165, 1.54) is 17.5 Å².